The zero-order chi connectivity index (χ0) is 13.9. The van der Waals surface area contributed by atoms with Gasteiger partial charge in [0.2, 0.25) is 0 Å². The van der Waals surface area contributed by atoms with Gasteiger partial charge in [0, 0.05) is 5.56 Å². The van der Waals surface area contributed by atoms with E-state index in [-0.39, 0.29) is 5.78 Å². The Labute approximate surface area is 116 Å². The standard InChI is InChI=1S/C17H13NO2/c1-12(19)16-11-18-20-17(16)15-9-7-14(8-10-15)13-5-3-2-4-6-13/h2-11H,1H3. The topological polar surface area (TPSA) is 43.1 Å². The zero-order valence-corrected chi connectivity index (χ0v) is 11.0. The van der Waals surface area contributed by atoms with Crippen molar-refractivity contribution in [3.05, 3.63) is 66.4 Å². The Bertz CT molecular complexity index is 727. The molecule has 3 heteroatoms. The monoisotopic (exact) mass is 263 g/mol. The van der Waals surface area contributed by atoms with Gasteiger partial charge in [0.15, 0.2) is 11.5 Å². The van der Waals surface area contributed by atoms with Crippen LogP contribution in [0.1, 0.15) is 17.3 Å². The van der Waals surface area contributed by atoms with Crippen LogP contribution in [-0.4, -0.2) is 10.9 Å². The highest BCUT2D eigenvalue weighted by Crippen LogP contribution is 2.27. The SMILES string of the molecule is CC(=O)c1cnoc1-c1ccc(-c2ccccc2)cc1. The molecule has 1 heterocycles. The summed E-state index contributed by atoms with van der Waals surface area (Å²) in [5.74, 6) is 0.477. The first kappa shape index (κ1) is 12.4. The summed E-state index contributed by atoms with van der Waals surface area (Å²) < 4.78 is 5.19. The summed E-state index contributed by atoms with van der Waals surface area (Å²) >= 11 is 0. The molecule has 98 valence electrons. The number of rotatable bonds is 3. The lowest BCUT2D eigenvalue weighted by molar-refractivity contribution is 0.101. The number of nitrogens with zero attached hydrogens (tertiary/aromatic N) is 1. The van der Waals surface area contributed by atoms with Crippen molar-refractivity contribution in [3.63, 3.8) is 0 Å². The second kappa shape index (κ2) is 5.13. The van der Waals surface area contributed by atoms with Crippen molar-refractivity contribution in [3.8, 4) is 22.5 Å². The molecule has 3 rings (SSSR count). The summed E-state index contributed by atoms with van der Waals surface area (Å²) in [4.78, 5) is 11.5. The van der Waals surface area contributed by atoms with E-state index in [9.17, 15) is 4.79 Å². The van der Waals surface area contributed by atoms with E-state index >= 15 is 0 Å². The van der Waals surface area contributed by atoms with Crippen LogP contribution in [0.4, 0.5) is 0 Å². The van der Waals surface area contributed by atoms with Crippen LogP contribution in [0, 0.1) is 0 Å². The van der Waals surface area contributed by atoms with E-state index < -0.39 is 0 Å². The first-order valence-electron chi connectivity index (χ1n) is 6.37. The highest BCUT2D eigenvalue weighted by molar-refractivity contribution is 5.99. The molecule has 0 aliphatic rings. The van der Waals surface area contributed by atoms with Crippen LogP contribution < -0.4 is 0 Å². The molecule has 0 saturated heterocycles. The number of carbonyl (C=O) groups is 1. The fraction of sp³-hybridized carbons (Fsp3) is 0.0588. The molecule has 3 nitrogen and oxygen atoms in total. The van der Waals surface area contributed by atoms with E-state index in [1.807, 2.05) is 42.5 Å². The van der Waals surface area contributed by atoms with Crippen molar-refractivity contribution < 1.29 is 9.32 Å². The largest absolute Gasteiger partial charge is 0.356 e. The Hall–Kier alpha value is -2.68. The van der Waals surface area contributed by atoms with Crippen molar-refractivity contribution in [2.24, 2.45) is 0 Å². The molecule has 0 fully saturated rings. The molecule has 0 unspecified atom stereocenters. The summed E-state index contributed by atoms with van der Waals surface area (Å²) in [5.41, 5.74) is 3.64. The molecular weight excluding hydrogens is 250 g/mol. The van der Waals surface area contributed by atoms with E-state index in [0.717, 1.165) is 16.7 Å². The van der Waals surface area contributed by atoms with Gasteiger partial charge in [-0.3, -0.25) is 4.79 Å². The second-order valence-corrected chi connectivity index (χ2v) is 4.57. The van der Waals surface area contributed by atoms with E-state index in [2.05, 4.69) is 17.3 Å². The number of aromatic nitrogens is 1. The van der Waals surface area contributed by atoms with Crippen LogP contribution >= 0.6 is 0 Å². The maximum atomic E-state index is 11.5. The van der Waals surface area contributed by atoms with Crippen molar-refractivity contribution >= 4 is 5.78 Å². The zero-order valence-electron chi connectivity index (χ0n) is 11.0. The lowest BCUT2D eigenvalue weighted by atomic mass is 10.0. The smallest absolute Gasteiger partial charge is 0.177 e. The number of benzene rings is 2. The number of hydrogen-bond donors (Lipinski definition) is 0. The highest BCUT2D eigenvalue weighted by Gasteiger charge is 2.14. The summed E-state index contributed by atoms with van der Waals surface area (Å²) in [5, 5.41) is 3.70. The first-order valence-corrected chi connectivity index (χ1v) is 6.37. The third-order valence-electron chi connectivity index (χ3n) is 3.20. The Morgan fingerprint density at radius 2 is 1.50 bits per heavy atom. The maximum absolute atomic E-state index is 11.5. The van der Waals surface area contributed by atoms with Gasteiger partial charge in [0.1, 0.15) is 0 Å². The van der Waals surface area contributed by atoms with Gasteiger partial charge in [0.05, 0.1) is 11.8 Å². The molecule has 0 saturated carbocycles. The maximum Gasteiger partial charge on any atom is 0.177 e. The van der Waals surface area contributed by atoms with Gasteiger partial charge in [-0.1, -0.05) is 59.8 Å². The molecule has 0 aliphatic carbocycles. The normalized spacial score (nSPS) is 10.4. The lowest BCUT2D eigenvalue weighted by Crippen LogP contribution is -1.91. The lowest BCUT2D eigenvalue weighted by Gasteiger charge is -2.03. The summed E-state index contributed by atoms with van der Waals surface area (Å²) in [6.07, 6.45) is 1.46. The fourth-order valence-electron chi connectivity index (χ4n) is 2.14. The van der Waals surface area contributed by atoms with Crippen LogP contribution in [0.5, 0.6) is 0 Å². The van der Waals surface area contributed by atoms with Gasteiger partial charge in [-0.25, -0.2) is 0 Å². The average molecular weight is 263 g/mol. The van der Waals surface area contributed by atoms with Crippen molar-refractivity contribution in [1.82, 2.24) is 5.16 Å². The Morgan fingerprint density at radius 3 is 2.15 bits per heavy atom. The minimum Gasteiger partial charge on any atom is -0.356 e. The van der Waals surface area contributed by atoms with Gasteiger partial charge < -0.3 is 4.52 Å². The van der Waals surface area contributed by atoms with Crippen molar-refractivity contribution in [2.75, 3.05) is 0 Å². The molecule has 20 heavy (non-hydrogen) atoms. The fourth-order valence-corrected chi connectivity index (χ4v) is 2.14. The molecule has 1 aromatic heterocycles. The first-order chi connectivity index (χ1) is 9.75. The molecule has 0 atom stereocenters. The van der Waals surface area contributed by atoms with Crippen LogP contribution in [-0.2, 0) is 0 Å². The minimum atomic E-state index is -0.0478. The Balaban J connectivity index is 1.98. The van der Waals surface area contributed by atoms with Crippen LogP contribution in [0.15, 0.2) is 65.3 Å². The summed E-state index contributed by atoms with van der Waals surface area (Å²) in [6.45, 7) is 1.51. The van der Waals surface area contributed by atoms with Gasteiger partial charge in [0.25, 0.3) is 0 Å². The molecule has 0 bridgehead atoms. The predicted molar refractivity (Wildman–Crippen MR) is 77.4 cm³/mol. The summed E-state index contributed by atoms with van der Waals surface area (Å²) in [7, 11) is 0. The van der Waals surface area contributed by atoms with E-state index in [4.69, 9.17) is 4.52 Å². The molecular formula is C17H13NO2. The molecule has 0 amide bonds. The van der Waals surface area contributed by atoms with E-state index in [0.29, 0.717) is 11.3 Å². The third-order valence-corrected chi connectivity index (χ3v) is 3.20. The quantitative estimate of drug-likeness (QED) is 0.665. The minimum absolute atomic E-state index is 0.0478. The molecule has 0 radical (unpaired) electrons. The second-order valence-electron chi connectivity index (χ2n) is 4.57. The molecule has 0 spiro atoms. The van der Waals surface area contributed by atoms with Gasteiger partial charge >= 0.3 is 0 Å². The van der Waals surface area contributed by atoms with Gasteiger partial charge in [-0.2, -0.15) is 0 Å². The highest BCUT2D eigenvalue weighted by atomic mass is 16.5. The van der Waals surface area contributed by atoms with Crippen LogP contribution in [0.25, 0.3) is 22.5 Å². The Kier molecular flexibility index (Phi) is 3.17. The number of carbonyl (C=O) groups excluding carboxylic acids is 1. The van der Waals surface area contributed by atoms with Gasteiger partial charge in [-0.05, 0) is 18.1 Å². The van der Waals surface area contributed by atoms with Gasteiger partial charge in [-0.15, -0.1) is 0 Å². The van der Waals surface area contributed by atoms with Crippen LogP contribution in [0.2, 0.25) is 0 Å². The van der Waals surface area contributed by atoms with Crippen molar-refractivity contribution in [1.29, 1.82) is 0 Å². The number of Topliss-reactive ketones (excluding diaryl/α,β-unsaturated/α-hetero) is 1. The molecule has 0 N–H and O–H groups in total. The number of ketones is 1. The Morgan fingerprint density at radius 1 is 0.900 bits per heavy atom. The molecule has 3 aromatic rings. The molecule has 0 aliphatic heterocycles. The molecule has 2 aromatic carbocycles. The van der Waals surface area contributed by atoms with Crippen molar-refractivity contribution in [2.45, 2.75) is 6.92 Å². The average Bonchev–Trinajstić information content (AvgIpc) is 2.98. The predicted octanol–water partition coefficient (Wildman–Crippen LogP) is 4.21. The van der Waals surface area contributed by atoms with E-state index in [1.54, 1.807) is 0 Å². The summed E-state index contributed by atoms with van der Waals surface area (Å²) in [6, 6.07) is 18.0. The third kappa shape index (κ3) is 2.26. The van der Waals surface area contributed by atoms with Crippen LogP contribution in [0.3, 0.4) is 0 Å². The number of hydrogen-bond acceptors (Lipinski definition) is 3. The van der Waals surface area contributed by atoms with E-state index in [1.165, 1.54) is 13.1 Å².